The summed E-state index contributed by atoms with van der Waals surface area (Å²) in [7, 11) is 1.46. The van der Waals surface area contributed by atoms with Crippen LogP contribution in [-0.4, -0.2) is 74.9 Å². The van der Waals surface area contributed by atoms with Gasteiger partial charge in [-0.3, -0.25) is 18.6 Å². The van der Waals surface area contributed by atoms with E-state index in [-0.39, 0.29) is 32.0 Å². The lowest BCUT2D eigenvalue weighted by Gasteiger charge is -2.24. The average Bonchev–Trinajstić information content (AvgIpc) is 0.914. The van der Waals surface area contributed by atoms with E-state index in [1.54, 1.807) is 0 Å². The Hall–Kier alpha value is -5.15. The maximum atomic E-state index is 12.9. The second kappa shape index (κ2) is 80.0. The Morgan fingerprint density at radius 1 is 0.304 bits per heavy atom. The van der Waals surface area contributed by atoms with Gasteiger partial charge in [-0.15, -0.1) is 0 Å². The van der Waals surface area contributed by atoms with Crippen LogP contribution in [0, 0.1) is 0 Å². The van der Waals surface area contributed by atoms with Gasteiger partial charge in [0, 0.05) is 12.8 Å². The average molecular weight is 1430 g/mol. The summed E-state index contributed by atoms with van der Waals surface area (Å²) in [6.45, 7) is 4.21. The fourth-order valence-electron chi connectivity index (χ4n) is 10.9. The molecule has 102 heavy (non-hydrogen) atoms. The lowest BCUT2D eigenvalue weighted by atomic mass is 10.0. The number of esters is 2. The van der Waals surface area contributed by atoms with Gasteiger partial charge in [-0.1, -0.05) is 362 Å². The molecule has 0 saturated carbocycles. The Morgan fingerprint density at radius 3 is 0.784 bits per heavy atom. The monoisotopic (exact) mass is 1430 g/mol. The van der Waals surface area contributed by atoms with Crippen LogP contribution in [-0.2, 0) is 32.7 Å². The fourth-order valence-corrected chi connectivity index (χ4v) is 11.7. The molecule has 0 heterocycles. The summed E-state index contributed by atoms with van der Waals surface area (Å²) in [4.78, 5) is 36.0. The van der Waals surface area contributed by atoms with Crippen molar-refractivity contribution >= 4 is 19.8 Å². The quantitative estimate of drug-likeness (QED) is 0.0211. The summed E-state index contributed by atoms with van der Waals surface area (Å²) in [5.74, 6) is -0.802. The highest BCUT2D eigenvalue weighted by molar-refractivity contribution is 7.47. The zero-order valence-corrected chi connectivity index (χ0v) is 66.9. The summed E-state index contributed by atoms with van der Waals surface area (Å²) in [6, 6.07) is 0. The van der Waals surface area contributed by atoms with Gasteiger partial charge in [0.2, 0.25) is 0 Å². The van der Waals surface area contributed by atoms with Gasteiger partial charge in [-0.05, 0) is 141 Å². The van der Waals surface area contributed by atoms with Gasteiger partial charge in [0.1, 0.15) is 19.8 Å². The molecule has 0 saturated heterocycles. The van der Waals surface area contributed by atoms with E-state index in [1.165, 1.54) is 141 Å². The number of carbonyl (C=O) groups is 2. The predicted octanol–water partition coefficient (Wildman–Crippen LogP) is 27.9. The maximum Gasteiger partial charge on any atom is 0.472 e. The smallest absolute Gasteiger partial charge is 0.462 e. The molecular formula is C92H153NO8P+. The molecule has 0 radical (unpaired) electrons. The van der Waals surface area contributed by atoms with Crippen molar-refractivity contribution in [3.63, 3.8) is 0 Å². The highest BCUT2D eigenvalue weighted by atomic mass is 31.2. The molecule has 0 aliphatic rings. The zero-order valence-electron chi connectivity index (χ0n) is 66.0. The van der Waals surface area contributed by atoms with Crippen molar-refractivity contribution in [1.29, 1.82) is 0 Å². The molecule has 0 aromatic rings. The molecular weight excluding hydrogens is 1280 g/mol. The number of quaternary nitrogens is 1. The SMILES string of the molecule is CC/C=C\C/C=C\C/C=C\C/C=C\C/C=C\C/C=C\C/C=C\C/C=C\C/C=C\CCCCCCCCCCCCCC(=O)OC(COC(=O)CCCCCCCCCCCCCCCCCCC/C=C\C/C=C\C/C=C\C/C=C\C/C=C\C/C=C\C/C=C\CC)COP(=O)(O)OCC[N+](C)(C)C. The Morgan fingerprint density at radius 2 is 0.529 bits per heavy atom. The number of phosphoric ester groups is 1. The van der Waals surface area contributed by atoms with Gasteiger partial charge < -0.3 is 18.9 Å². The van der Waals surface area contributed by atoms with Crippen molar-refractivity contribution in [2.75, 3.05) is 47.5 Å². The molecule has 0 rings (SSSR count). The molecule has 0 aromatic heterocycles. The summed E-state index contributed by atoms with van der Waals surface area (Å²) in [6.07, 6.45) is 124. The van der Waals surface area contributed by atoms with Crippen molar-refractivity contribution in [3.05, 3.63) is 194 Å². The number of unbranched alkanes of at least 4 members (excludes halogenated alkanes) is 28. The molecule has 0 fully saturated rings. The van der Waals surface area contributed by atoms with Crippen molar-refractivity contribution < 1.29 is 42.1 Å². The van der Waals surface area contributed by atoms with E-state index in [2.05, 4.69) is 208 Å². The molecule has 9 nitrogen and oxygen atoms in total. The highest BCUT2D eigenvalue weighted by Gasteiger charge is 2.27. The van der Waals surface area contributed by atoms with Crippen LogP contribution < -0.4 is 0 Å². The minimum absolute atomic E-state index is 0.0240. The molecule has 2 atom stereocenters. The first kappa shape index (κ1) is 96.8. The predicted molar refractivity (Wildman–Crippen MR) is 445 cm³/mol. The molecule has 578 valence electrons. The van der Waals surface area contributed by atoms with Crippen LogP contribution >= 0.6 is 7.82 Å². The molecule has 0 aliphatic heterocycles. The number of allylic oxidation sites excluding steroid dienone is 32. The van der Waals surface area contributed by atoms with Crippen LogP contribution in [0.1, 0.15) is 322 Å². The number of rotatable bonds is 74. The molecule has 2 unspecified atom stereocenters. The third-order valence-electron chi connectivity index (χ3n) is 17.1. The topological polar surface area (TPSA) is 108 Å². The number of likely N-dealkylation sites (N-methyl/N-ethyl adjacent to an activating group) is 1. The first-order valence-electron chi connectivity index (χ1n) is 41.2. The minimum Gasteiger partial charge on any atom is -0.462 e. The molecule has 1 N–H and O–H groups in total. The van der Waals surface area contributed by atoms with E-state index >= 15 is 0 Å². The standard InChI is InChI=1S/C92H152NO8P/c1-6-8-10-12-14-16-18-20-22-24-26-28-30-32-34-36-38-40-42-44-46-48-50-52-54-56-58-60-62-64-66-68-70-72-74-76-78-80-82-84-91(94)98-88-90(89-100-102(96,97)99-87-86-93(3,4)5)101-92(95)85-83-81-79-77-75-73-71-69-67-65-63-61-59-57-55-53-51-49-47-45-43-41-39-37-35-33-31-29-27-25-23-21-19-17-15-13-11-9-7-2/h8-11,14-17,20-23,26-29,32-35,38-41,44-47,51,53,57,59,90H,6-7,12-13,18-19,24-25,30-31,36-37,42-43,48-50,52,54-56,58,60-89H2,1-5H3/p+1/b10-8-,11-9-,16-14-,17-15-,22-20-,23-21-,28-26-,29-27-,34-32-,35-33-,40-38-,41-39-,46-44-,47-45-,53-51-,59-57-. The van der Waals surface area contributed by atoms with Crippen LogP contribution in [0.3, 0.4) is 0 Å². The summed E-state index contributed by atoms with van der Waals surface area (Å²) in [5.41, 5.74) is 0. The third-order valence-corrected chi connectivity index (χ3v) is 18.1. The van der Waals surface area contributed by atoms with Gasteiger partial charge in [-0.25, -0.2) is 4.57 Å². The fraction of sp³-hybridized carbons (Fsp3) is 0.630. The lowest BCUT2D eigenvalue weighted by molar-refractivity contribution is -0.870. The number of hydrogen-bond donors (Lipinski definition) is 1. The van der Waals surface area contributed by atoms with Crippen LogP contribution in [0.5, 0.6) is 0 Å². The van der Waals surface area contributed by atoms with Gasteiger partial charge in [-0.2, -0.15) is 0 Å². The van der Waals surface area contributed by atoms with Gasteiger partial charge >= 0.3 is 19.8 Å². The van der Waals surface area contributed by atoms with E-state index < -0.39 is 26.5 Å². The number of hydrogen-bond acceptors (Lipinski definition) is 7. The van der Waals surface area contributed by atoms with Crippen LogP contribution in [0.15, 0.2) is 194 Å². The molecule has 10 heteroatoms. The number of phosphoric acid groups is 1. The van der Waals surface area contributed by atoms with Gasteiger partial charge in [0.25, 0.3) is 0 Å². The first-order chi connectivity index (χ1) is 50.0. The number of nitrogens with zero attached hydrogens (tertiary/aromatic N) is 1. The largest absolute Gasteiger partial charge is 0.472 e. The van der Waals surface area contributed by atoms with Crippen molar-refractivity contribution in [3.8, 4) is 0 Å². The van der Waals surface area contributed by atoms with E-state index in [0.29, 0.717) is 17.4 Å². The Labute approximate surface area is 628 Å². The Balaban J connectivity index is 4.02. The van der Waals surface area contributed by atoms with Crippen molar-refractivity contribution in [2.24, 2.45) is 0 Å². The van der Waals surface area contributed by atoms with E-state index in [0.717, 1.165) is 148 Å². The summed E-state index contributed by atoms with van der Waals surface area (Å²) >= 11 is 0. The van der Waals surface area contributed by atoms with Gasteiger partial charge in [0.15, 0.2) is 6.10 Å². The number of ether oxygens (including phenoxy) is 2. The van der Waals surface area contributed by atoms with E-state index in [9.17, 15) is 19.0 Å². The van der Waals surface area contributed by atoms with Crippen molar-refractivity contribution in [1.82, 2.24) is 0 Å². The zero-order chi connectivity index (χ0) is 74.0. The normalized spacial score (nSPS) is 14.1. The van der Waals surface area contributed by atoms with E-state index in [1.807, 2.05) is 21.1 Å². The Bertz CT molecular complexity index is 2440. The van der Waals surface area contributed by atoms with E-state index in [4.69, 9.17) is 18.5 Å². The van der Waals surface area contributed by atoms with Crippen LogP contribution in [0.4, 0.5) is 0 Å². The number of carbonyl (C=O) groups excluding carboxylic acids is 2. The second-order valence-corrected chi connectivity index (χ2v) is 29.5. The molecule has 0 aromatic carbocycles. The molecule has 0 amide bonds. The van der Waals surface area contributed by atoms with Gasteiger partial charge in [0.05, 0.1) is 27.7 Å². The first-order valence-corrected chi connectivity index (χ1v) is 42.7. The summed E-state index contributed by atoms with van der Waals surface area (Å²) < 4.78 is 34.8. The van der Waals surface area contributed by atoms with Crippen LogP contribution in [0.2, 0.25) is 0 Å². The molecule has 0 spiro atoms. The highest BCUT2D eigenvalue weighted by Crippen LogP contribution is 2.43. The van der Waals surface area contributed by atoms with Crippen molar-refractivity contribution in [2.45, 2.75) is 328 Å². The molecule has 0 bridgehead atoms. The van der Waals surface area contributed by atoms with Crippen LogP contribution in [0.25, 0.3) is 0 Å². The minimum atomic E-state index is -4.41. The second-order valence-electron chi connectivity index (χ2n) is 28.0. The maximum absolute atomic E-state index is 12.9. The molecule has 0 aliphatic carbocycles. The third kappa shape index (κ3) is 83.8. The Kier molecular flexibility index (Phi) is 75.9. The summed E-state index contributed by atoms with van der Waals surface area (Å²) in [5, 5.41) is 0. The lowest BCUT2D eigenvalue weighted by Crippen LogP contribution is -2.37.